The van der Waals surface area contributed by atoms with Crippen LogP contribution < -0.4 is 15.8 Å². The lowest BCUT2D eigenvalue weighted by atomic mass is 10.2. The number of hydrogen-bond donors (Lipinski definition) is 2. The first-order valence-corrected chi connectivity index (χ1v) is 5.87. The molecule has 0 aliphatic heterocycles. The molecule has 0 bridgehead atoms. The summed E-state index contributed by atoms with van der Waals surface area (Å²) < 4.78 is 10.4. The third-order valence-electron chi connectivity index (χ3n) is 2.45. The second-order valence-electron chi connectivity index (χ2n) is 3.92. The zero-order chi connectivity index (χ0) is 13.4. The van der Waals surface area contributed by atoms with Gasteiger partial charge in [0.15, 0.2) is 0 Å². The number of carbonyl (C=O) groups is 1. The Kier molecular flexibility index (Phi) is 8.95. The lowest BCUT2D eigenvalue weighted by Gasteiger charge is -2.13. The van der Waals surface area contributed by atoms with E-state index in [0.29, 0.717) is 13.2 Å². The Morgan fingerprint density at radius 3 is 2.79 bits per heavy atom. The summed E-state index contributed by atoms with van der Waals surface area (Å²) in [5.41, 5.74) is 6.52. The molecule has 6 heteroatoms. The van der Waals surface area contributed by atoms with Crippen molar-refractivity contribution in [1.29, 1.82) is 0 Å². The molecule has 3 N–H and O–H groups in total. The Hall–Kier alpha value is -1.30. The Morgan fingerprint density at radius 1 is 1.47 bits per heavy atom. The molecule has 0 fully saturated rings. The van der Waals surface area contributed by atoms with E-state index in [1.54, 1.807) is 0 Å². The van der Waals surface area contributed by atoms with Gasteiger partial charge in [-0.25, -0.2) is 0 Å². The number of rotatable bonds is 7. The molecular weight excluding hydrogens is 268 g/mol. The molecule has 0 saturated carbocycles. The van der Waals surface area contributed by atoms with Crippen LogP contribution in [0.25, 0.3) is 0 Å². The first-order valence-electron chi connectivity index (χ1n) is 5.87. The van der Waals surface area contributed by atoms with E-state index >= 15 is 0 Å². The highest BCUT2D eigenvalue weighted by Gasteiger charge is 2.14. The highest BCUT2D eigenvalue weighted by atomic mass is 35.5. The molecule has 0 aliphatic rings. The predicted molar refractivity (Wildman–Crippen MR) is 76.8 cm³/mol. The van der Waals surface area contributed by atoms with Crippen molar-refractivity contribution in [2.75, 3.05) is 26.8 Å². The number of methoxy groups -OCH3 is 1. The molecule has 0 aliphatic carbocycles. The number of nitrogens with one attached hydrogen (secondary N) is 1. The highest BCUT2D eigenvalue weighted by molar-refractivity contribution is 5.85. The summed E-state index contributed by atoms with van der Waals surface area (Å²) in [6, 6.07) is 7.75. The van der Waals surface area contributed by atoms with Gasteiger partial charge in [0.1, 0.15) is 18.5 Å². The van der Waals surface area contributed by atoms with E-state index in [2.05, 4.69) is 5.32 Å². The second-order valence-corrected chi connectivity index (χ2v) is 3.92. The minimum Gasteiger partial charge on any atom is -0.492 e. The number of carbonyl (C=O) groups excluding carboxylic acids is 1. The third-order valence-corrected chi connectivity index (χ3v) is 2.45. The van der Waals surface area contributed by atoms with Crippen LogP contribution in [0.3, 0.4) is 0 Å². The summed E-state index contributed by atoms with van der Waals surface area (Å²) in [6.07, 6.45) is -0.594. The van der Waals surface area contributed by atoms with Crippen molar-refractivity contribution in [2.45, 2.75) is 13.0 Å². The van der Waals surface area contributed by atoms with E-state index in [1.165, 1.54) is 7.11 Å². The summed E-state index contributed by atoms with van der Waals surface area (Å²) in [4.78, 5) is 11.5. The minimum atomic E-state index is -0.594. The third kappa shape index (κ3) is 6.42. The van der Waals surface area contributed by atoms with Crippen LogP contribution in [0.4, 0.5) is 0 Å². The lowest BCUT2D eigenvalue weighted by Crippen LogP contribution is -2.41. The van der Waals surface area contributed by atoms with Gasteiger partial charge in [0.2, 0.25) is 0 Å². The van der Waals surface area contributed by atoms with Gasteiger partial charge in [-0.1, -0.05) is 12.1 Å². The summed E-state index contributed by atoms with van der Waals surface area (Å²) in [6.45, 7) is 3.00. The molecular formula is C13H21ClN2O3. The van der Waals surface area contributed by atoms with Gasteiger partial charge in [-0.3, -0.25) is 4.79 Å². The van der Waals surface area contributed by atoms with E-state index < -0.39 is 6.10 Å². The van der Waals surface area contributed by atoms with Gasteiger partial charge < -0.3 is 20.5 Å². The largest absolute Gasteiger partial charge is 0.492 e. The number of aryl methyl sites for hydroxylation is 1. The molecule has 0 aromatic heterocycles. The van der Waals surface area contributed by atoms with Crippen LogP contribution in [-0.2, 0) is 9.53 Å². The standard InChI is InChI=1S/C13H20N2O3.ClH/c1-10-4-3-5-11(8-10)18-7-6-15-13(16)12(9-14)17-2;/h3-5,8,12H,6-7,9,14H2,1-2H3,(H,15,16);1H. The molecule has 0 saturated heterocycles. The van der Waals surface area contributed by atoms with E-state index in [9.17, 15) is 4.79 Å². The molecule has 1 aromatic carbocycles. The second kappa shape index (κ2) is 9.61. The van der Waals surface area contributed by atoms with Gasteiger partial charge in [0.25, 0.3) is 5.91 Å². The van der Waals surface area contributed by atoms with Crippen molar-refractivity contribution in [1.82, 2.24) is 5.32 Å². The molecule has 1 amide bonds. The van der Waals surface area contributed by atoms with Crippen LogP contribution in [0.15, 0.2) is 24.3 Å². The number of nitrogens with two attached hydrogens (primary N) is 1. The van der Waals surface area contributed by atoms with Gasteiger partial charge in [0.05, 0.1) is 6.54 Å². The molecule has 0 spiro atoms. The fraction of sp³-hybridized carbons (Fsp3) is 0.462. The summed E-state index contributed by atoms with van der Waals surface area (Å²) in [5.74, 6) is 0.583. The molecule has 0 radical (unpaired) electrons. The van der Waals surface area contributed by atoms with Crippen LogP contribution >= 0.6 is 12.4 Å². The van der Waals surface area contributed by atoms with Crippen molar-refractivity contribution in [3.63, 3.8) is 0 Å². The van der Waals surface area contributed by atoms with E-state index in [4.69, 9.17) is 15.2 Å². The van der Waals surface area contributed by atoms with E-state index in [0.717, 1.165) is 11.3 Å². The Labute approximate surface area is 119 Å². The molecule has 1 unspecified atom stereocenters. The first kappa shape index (κ1) is 17.7. The fourth-order valence-electron chi connectivity index (χ4n) is 1.47. The molecule has 1 rings (SSSR count). The summed E-state index contributed by atoms with van der Waals surface area (Å²) >= 11 is 0. The average molecular weight is 289 g/mol. The van der Waals surface area contributed by atoms with Crippen LogP contribution in [0.2, 0.25) is 0 Å². The minimum absolute atomic E-state index is 0. The normalized spacial score (nSPS) is 11.3. The van der Waals surface area contributed by atoms with Crippen LogP contribution in [0, 0.1) is 6.92 Å². The van der Waals surface area contributed by atoms with Crippen LogP contribution in [0.1, 0.15) is 5.56 Å². The van der Waals surface area contributed by atoms with Gasteiger partial charge in [-0.2, -0.15) is 0 Å². The Morgan fingerprint density at radius 2 is 2.21 bits per heavy atom. The molecule has 1 atom stereocenters. The Bertz CT molecular complexity index is 384. The number of halogens is 1. The maximum atomic E-state index is 11.5. The van der Waals surface area contributed by atoms with Crippen LogP contribution in [-0.4, -0.2) is 38.8 Å². The van der Waals surface area contributed by atoms with Crippen molar-refractivity contribution in [2.24, 2.45) is 5.73 Å². The first-order chi connectivity index (χ1) is 8.67. The van der Waals surface area contributed by atoms with Gasteiger partial charge in [-0.15, -0.1) is 12.4 Å². The maximum absolute atomic E-state index is 11.5. The number of amides is 1. The quantitative estimate of drug-likeness (QED) is 0.731. The Balaban J connectivity index is 0.00000324. The SMILES string of the molecule is COC(CN)C(=O)NCCOc1cccc(C)c1.Cl. The molecule has 0 heterocycles. The van der Waals surface area contributed by atoms with E-state index in [-0.39, 0.29) is 24.9 Å². The molecule has 5 nitrogen and oxygen atoms in total. The van der Waals surface area contributed by atoms with E-state index in [1.807, 2.05) is 31.2 Å². The summed E-state index contributed by atoms with van der Waals surface area (Å²) in [7, 11) is 1.46. The number of ether oxygens (including phenoxy) is 2. The van der Waals surface area contributed by atoms with Crippen molar-refractivity contribution in [3.8, 4) is 5.75 Å². The predicted octanol–water partition coefficient (Wildman–Crippen LogP) is 0.886. The average Bonchev–Trinajstić information content (AvgIpc) is 2.36. The fourth-order valence-corrected chi connectivity index (χ4v) is 1.47. The number of benzene rings is 1. The van der Waals surface area contributed by atoms with Crippen molar-refractivity contribution in [3.05, 3.63) is 29.8 Å². The molecule has 1 aromatic rings. The maximum Gasteiger partial charge on any atom is 0.250 e. The van der Waals surface area contributed by atoms with Gasteiger partial charge >= 0.3 is 0 Å². The zero-order valence-electron chi connectivity index (χ0n) is 11.2. The van der Waals surface area contributed by atoms with Crippen LogP contribution in [0.5, 0.6) is 5.75 Å². The van der Waals surface area contributed by atoms with Gasteiger partial charge in [-0.05, 0) is 24.6 Å². The molecule has 19 heavy (non-hydrogen) atoms. The van der Waals surface area contributed by atoms with Crippen molar-refractivity contribution >= 4 is 18.3 Å². The van der Waals surface area contributed by atoms with Gasteiger partial charge in [0, 0.05) is 13.7 Å². The number of hydrogen-bond acceptors (Lipinski definition) is 4. The monoisotopic (exact) mass is 288 g/mol. The zero-order valence-corrected chi connectivity index (χ0v) is 12.0. The topological polar surface area (TPSA) is 73.6 Å². The highest BCUT2D eigenvalue weighted by Crippen LogP contribution is 2.11. The smallest absolute Gasteiger partial charge is 0.250 e. The summed E-state index contributed by atoms with van der Waals surface area (Å²) in [5, 5.41) is 2.70. The lowest BCUT2D eigenvalue weighted by molar-refractivity contribution is -0.130. The van der Waals surface area contributed by atoms with Crippen molar-refractivity contribution < 1.29 is 14.3 Å². The molecule has 108 valence electrons.